The zero-order valence-corrected chi connectivity index (χ0v) is 21.1. The zero-order valence-electron chi connectivity index (χ0n) is 20.2. The van der Waals surface area contributed by atoms with Gasteiger partial charge in [-0.25, -0.2) is 0 Å². The predicted molar refractivity (Wildman–Crippen MR) is 138 cm³/mol. The first-order chi connectivity index (χ1) is 16.5. The second-order valence-corrected chi connectivity index (χ2v) is 9.03. The Morgan fingerprint density at radius 2 is 1.94 bits per heavy atom. The molecule has 0 aliphatic carbocycles. The summed E-state index contributed by atoms with van der Waals surface area (Å²) in [6, 6.07) is 16.7. The van der Waals surface area contributed by atoms with Crippen molar-refractivity contribution >= 4 is 23.3 Å². The number of benzene rings is 1. The normalized spacial score (nSPS) is 17.6. The molecule has 2 atom stereocenters. The van der Waals surface area contributed by atoms with E-state index in [0.717, 1.165) is 12.1 Å². The van der Waals surface area contributed by atoms with Crippen molar-refractivity contribution in [1.29, 1.82) is 0 Å². The van der Waals surface area contributed by atoms with Crippen LogP contribution in [0.15, 0.2) is 54.7 Å². The molecule has 178 valence electrons. The highest BCUT2D eigenvalue weighted by atomic mass is 32.1. The van der Waals surface area contributed by atoms with Crippen LogP contribution < -0.4 is 5.32 Å². The van der Waals surface area contributed by atoms with Crippen LogP contribution in [0, 0.1) is 13.8 Å². The molecule has 0 amide bonds. The van der Waals surface area contributed by atoms with Crippen molar-refractivity contribution in [2.75, 3.05) is 13.7 Å². The molecule has 3 heterocycles. The third kappa shape index (κ3) is 4.57. The van der Waals surface area contributed by atoms with E-state index in [1.807, 2.05) is 24.4 Å². The number of para-hydroxylation sites is 1. The second-order valence-electron chi connectivity index (χ2n) is 8.64. The number of pyridine rings is 1. The molecule has 1 aromatic carbocycles. The topological polar surface area (TPSA) is 59.4 Å². The van der Waals surface area contributed by atoms with Gasteiger partial charge in [-0.2, -0.15) is 0 Å². The molecule has 1 N–H and O–H groups in total. The molecule has 1 aliphatic rings. The molecular weight excluding hydrogens is 444 g/mol. The molecule has 0 bridgehead atoms. The van der Waals surface area contributed by atoms with Crippen LogP contribution in [-0.2, 0) is 16.0 Å². The van der Waals surface area contributed by atoms with Gasteiger partial charge in [0.15, 0.2) is 5.11 Å². The van der Waals surface area contributed by atoms with Crippen LogP contribution >= 0.6 is 12.2 Å². The Bertz CT molecular complexity index is 1170. The van der Waals surface area contributed by atoms with Crippen molar-refractivity contribution in [3.8, 4) is 5.69 Å². The van der Waals surface area contributed by atoms with Crippen molar-refractivity contribution in [2.24, 2.45) is 0 Å². The maximum atomic E-state index is 11.7. The summed E-state index contributed by atoms with van der Waals surface area (Å²) in [6.45, 7) is 7.18. The Labute approximate surface area is 207 Å². The number of hydrogen-bond donors (Lipinski definition) is 1. The van der Waals surface area contributed by atoms with Crippen LogP contribution in [-0.4, -0.2) is 39.2 Å². The fraction of sp³-hybridized carbons (Fsp3) is 0.370. The van der Waals surface area contributed by atoms with Crippen LogP contribution in [0.4, 0.5) is 0 Å². The number of aromatic nitrogens is 2. The molecule has 2 aromatic heterocycles. The molecule has 0 unspecified atom stereocenters. The van der Waals surface area contributed by atoms with Crippen LogP contribution in [0.5, 0.6) is 0 Å². The van der Waals surface area contributed by atoms with Crippen molar-refractivity contribution < 1.29 is 9.53 Å². The van der Waals surface area contributed by atoms with Crippen LogP contribution in [0.1, 0.15) is 60.1 Å². The van der Waals surface area contributed by atoms with Crippen molar-refractivity contribution in [1.82, 2.24) is 19.8 Å². The van der Waals surface area contributed by atoms with E-state index in [4.69, 9.17) is 17.0 Å². The Hall–Kier alpha value is -3.19. The molecule has 4 rings (SSSR count). The highest BCUT2D eigenvalue weighted by Crippen LogP contribution is 2.41. The SMILES string of the molecule is CCc1ccccc1-n1c(C)cc([C@H]2[C@@H](c3ccccn3)NC(=S)N2CCCC(=O)OC)c1C. The molecule has 1 saturated heterocycles. The summed E-state index contributed by atoms with van der Waals surface area (Å²) in [4.78, 5) is 18.6. The molecule has 0 spiro atoms. The monoisotopic (exact) mass is 476 g/mol. The number of thiocarbonyl (C=S) groups is 1. The largest absolute Gasteiger partial charge is 0.469 e. The zero-order chi connectivity index (χ0) is 24.2. The number of esters is 1. The number of rotatable bonds is 8. The first kappa shape index (κ1) is 24.0. The van der Waals surface area contributed by atoms with E-state index in [1.54, 1.807) is 0 Å². The fourth-order valence-electron chi connectivity index (χ4n) is 4.97. The van der Waals surface area contributed by atoms with E-state index < -0.39 is 0 Å². The van der Waals surface area contributed by atoms with E-state index in [1.165, 1.54) is 35.3 Å². The van der Waals surface area contributed by atoms with Gasteiger partial charge in [0.05, 0.1) is 24.9 Å². The van der Waals surface area contributed by atoms with Crippen LogP contribution in [0.2, 0.25) is 0 Å². The van der Waals surface area contributed by atoms with Crippen molar-refractivity contribution in [3.63, 3.8) is 0 Å². The van der Waals surface area contributed by atoms with Gasteiger partial charge in [-0.15, -0.1) is 0 Å². The van der Waals surface area contributed by atoms with Crippen molar-refractivity contribution in [3.05, 3.63) is 82.9 Å². The molecule has 1 aliphatic heterocycles. The van der Waals surface area contributed by atoms with E-state index in [-0.39, 0.29) is 18.1 Å². The van der Waals surface area contributed by atoms with Gasteiger partial charge in [0.25, 0.3) is 0 Å². The summed E-state index contributed by atoms with van der Waals surface area (Å²) in [7, 11) is 1.42. The minimum Gasteiger partial charge on any atom is -0.469 e. The van der Waals surface area contributed by atoms with Crippen LogP contribution in [0.3, 0.4) is 0 Å². The summed E-state index contributed by atoms with van der Waals surface area (Å²) in [5.41, 5.74) is 7.06. The van der Waals surface area contributed by atoms with Gasteiger partial charge in [-0.3, -0.25) is 9.78 Å². The van der Waals surface area contributed by atoms with Crippen LogP contribution in [0.25, 0.3) is 5.69 Å². The van der Waals surface area contributed by atoms with E-state index in [0.29, 0.717) is 24.5 Å². The smallest absolute Gasteiger partial charge is 0.305 e. The van der Waals surface area contributed by atoms with Gasteiger partial charge >= 0.3 is 5.97 Å². The van der Waals surface area contributed by atoms with Gasteiger partial charge in [-0.05, 0) is 74.3 Å². The molecule has 7 heteroatoms. The second kappa shape index (κ2) is 10.4. The number of hydrogen-bond acceptors (Lipinski definition) is 4. The quantitative estimate of drug-likeness (QED) is 0.366. The predicted octanol–water partition coefficient (Wildman–Crippen LogP) is 4.98. The van der Waals surface area contributed by atoms with Gasteiger partial charge in [0.1, 0.15) is 0 Å². The van der Waals surface area contributed by atoms with Gasteiger partial charge in [0.2, 0.25) is 0 Å². The number of aryl methyl sites for hydroxylation is 2. The molecule has 0 radical (unpaired) electrons. The maximum Gasteiger partial charge on any atom is 0.305 e. The maximum absolute atomic E-state index is 11.7. The number of nitrogens with one attached hydrogen (secondary N) is 1. The number of carbonyl (C=O) groups is 1. The van der Waals surface area contributed by atoms with Crippen molar-refractivity contribution in [2.45, 2.75) is 52.1 Å². The summed E-state index contributed by atoms with van der Waals surface area (Å²) < 4.78 is 7.18. The lowest BCUT2D eigenvalue weighted by molar-refractivity contribution is -0.140. The lowest BCUT2D eigenvalue weighted by Gasteiger charge is -2.28. The highest BCUT2D eigenvalue weighted by Gasteiger charge is 2.41. The summed E-state index contributed by atoms with van der Waals surface area (Å²) in [6.07, 6.45) is 3.81. The first-order valence-electron chi connectivity index (χ1n) is 11.8. The number of ether oxygens (including phenoxy) is 1. The highest BCUT2D eigenvalue weighted by molar-refractivity contribution is 7.80. The van der Waals surface area contributed by atoms with Gasteiger partial charge in [0, 0.05) is 36.2 Å². The molecule has 34 heavy (non-hydrogen) atoms. The lowest BCUT2D eigenvalue weighted by Crippen LogP contribution is -2.31. The average Bonchev–Trinajstić information content (AvgIpc) is 3.34. The average molecular weight is 477 g/mol. The number of nitrogens with zero attached hydrogens (tertiary/aromatic N) is 3. The van der Waals surface area contributed by atoms with E-state index >= 15 is 0 Å². The Morgan fingerprint density at radius 3 is 2.65 bits per heavy atom. The lowest BCUT2D eigenvalue weighted by atomic mass is 9.96. The molecule has 6 nitrogen and oxygen atoms in total. The van der Waals surface area contributed by atoms with E-state index in [2.05, 4.69) is 70.9 Å². The number of carbonyl (C=O) groups excluding carboxylic acids is 1. The Balaban J connectivity index is 1.77. The first-order valence-corrected chi connectivity index (χ1v) is 12.2. The number of methoxy groups -OCH3 is 1. The minimum absolute atomic E-state index is 0.0335. The third-order valence-corrected chi connectivity index (χ3v) is 6.96. The third-order valence-electron chi connectivity index (χ3n) is 6.61. The fourth-order valence-corrected chi connectivity index (χ4v) is 5.30. The van der Waals surface area contributed by atoms with Gasteiger partial charge < -0.3 is 19.5 Å². The van der Waals surface area contributed by atoms with E-state index in [9.17, 15) is 4.79 Å². The minimum atomic E-state index is -0.203. The summed E-state index contributed by atoms with van der Waals surface area (Å²) in [5, 5.41) is 4.19. The molecule has 3 aromatic rings. The standard InChI is InChI=1S/C27H32N4O2S/c1-5-20-11-6-7-13-23(20)31-18(2)17-21(19(31)3)26-25(22-12-8-9-15-28-22)29-27(34)30(26)16-10-14-24(32)33-4/h6-9,11-13,15,17,25-26H,5,10,14,16H2,1-4H3,(H,29,34)/t25-,26+/m1/s1. The molecule has 1 fully saturated rings. The molecule has 0 saturated carbocycles. The van der Waals surface area contributed by atoms with Gasteiger partial charge in [-0.1, -0.05) is 31.2 Å². The Kier molecular flexibility index (Phi) is 7.32. The summed E-state index contributed by atoms with van der Waals surface area (Å²) in [5.74, 6) is -0.203. The molecular formula is C27H32N4O2S. The summed E-state index contributed by atoms with van der Waals surface area (Å²) >= 11 is 5.78. The Morgan fingerprint density at radius 1 is 1.18 bits per heavy atom.